The molecule has 0 aromatic heterocycles. The van der Waals surface area contributed by atoms with Crippen LogP contribution in [0.4, 0.5) is 0 Å². The molecule has 0 heterocycles. The highest BCUT2D eigenvalue weighted by Gasteiger charge is 2.12. The fourth-order valence-corrected chi connectivity index (χ4v) is 1.24. The van der Waals surface area contributed by atoms with Gasteiger partial charge in [-0.25, -0.2) is 13.6 Å². The van der Waals surface area contributed by atoms with Crippen LogP contribution in [0.25, 0.3) is 0 Å². The second-order valence-electron chi connectivity index (χ2n) is 3.34. The third-order valence-corrected chi connectivity index (χ3v) is 2.47. The summed E-state index contributed by atoms with van der Waals surface area (Å²) < 4.78 is 21.6. The van der Waals surface area contributed by atoms with Crippen LogP contribution in [-0.4, -0.2) is 41.8 Å². The average Bonchev–Trinajstić information content (AvgIpc) is 1.98. The van der Waals surface area contributed by atoms with E-state index in [1.165, 1.54) is 20.1 Å². The Hall–Kier alpha value is -0.703. The predicted octanol–water partition coefficient (Wildman–Crippen LogP) is -1.59. The number of hydrogen-bond acceptors (Lipinski definition) is 5. The molecule has 0 spiro atoms. The maximum atomic E-state index is 10.8. The Morgan fingerprint density at radius 3 is 2.47 bits per heavy atom. The molecule has 15 heavy (non-hydrogen) atoms. The first-order chi connectivity index (χ1) is 6.54. The molecule has 0 fully saturated rings. The number of nitrogens with two attached hydrogens (primary N) is 2. The van der Waals surface area contributed by atoms with Crippen LogP contribution in [-0.2, 0) is 10.0 Å². The highest BCUT2D eigenvalue weighted by molar-refractivity contribution is 7.93. The molecule has 6 nitrogen and oxygen atoms in total. The van der Waals surface area contributed by atoms with Gasteiger partial charge in [0, 0.05) is 11.8 Å². The third-order valence-electron chi connectivity index (χ3n) is 1.38. The summed E-state index contributed by atoms with van der Waals surface area (Å²) in [5, 5.41) is 12.5. The van der Waals surface area contributed by atoms with Crippen molar-refractivity contribution in [2.75, 3.05) is 6.54 Å². The Kier molecular flexibility index (Phi) is 4.65. The monoisotopic (exact) mass is 248 g/mol. The molecule has 0 bridgehead atoms. The topological polar surface area (TPSA) is 119 Å². The number of allylic oxidation sites excluding steroid dienone is 1. The van der Waals surface area contributed by atoms with E-state index < -0.39 is 20.3 Å². The Bertz CT molecular complexity index is 381. The normalized spacial score (nSPS) is 18.7. The molecule has 1 unspecified atom stereocenters. The maximum absolute atomic E-state index is 10.8. The van der Waals surface area contributed by atoms with E-state index in [9.17, 15) is 13.5 Å². The number of nitrogens with zero attached hydrogens (tertiary/aromatic N) is 1. The van der Waals surface area contributed by atoms with E-state index in [1.54, 1.807) is 0 Å². The van der Waals surface area contributed by atoms with Crippen molar-refractivity contribution in [1.82, 2.24) is 0 Å². The molecule has 0 aromatic rings. The zero-order valence-corrected chi connectivity index (χ0v) is 10.4. The lowest BCUT2D eigenvalue weighted by Crippen LogP contribution is -2.28. The molecule has 5 N–H and O–H groups in total. The Morgan fingerprint density at radius 2 is 2.13 bits per heavy atom. The largest absolute Gasteiger partial charge is 0.393 e. The summed E-state index contributed by atoms with van der Waals surface area (Å²) >= 11 is 0. The van der Waals surface area contributed by atoms with Crippen molar-refractivity contribution in [1.29, 1.82) is 0 Å². The zero-order valence-electron chi connectivity index (χ0n) is 8.56. The quantitative estimate of drug-likeness (QED) is 0.410. The van der Waals surface area contributed by atoms with Crippen LogP contribution in [0, 0.1) is 0 Å². The lowest BCUT2D eigenvalue weighted by Gasteiger charge is -2.12. The molecule has 0 saturated heterocycles. The molecule has 8 heteroatoms. The van der Waals surface area contributed by atoms with Crippen LogP contribution < -0.4 is 10.9 Å². The molecule has 85 valence electrons. The first-order valence-electron chi connectivity index (χ1n) is 4.00. The number of primary sulfonamides is 1. The summed E-state index contributed by atoms with van der Waals surface area (Å²) in [5.74, 6) is 0. The standard InChI is InChI=1S/C7H14N3O3SSi/c1-5(6(8)14(9,12)13)3-10-4-7(2,11)15/h3,11H,4,8H2,1-2H3,(H2,9,12,13). The molecule has 0 aromatic carbocycles. The number of hydrogen-bond donors (Lipinski definition) is 3. The number of aliphatic imine (C=N–C) groups is 1. The van der Waals surface area contributed by atoms with Gasteiger partial charge in [0.25, 0.3) is 10.0 Å². The van der Waals surface area contributed by atoms with Crippen LogP contribution in [0.15, 0.2) is 15.6 Å². The minimum atomic E-state index is -3.88. The molecule has 0 aliphatic carbocycles. The SMILES string of the molecule is CC(C=NCC(C)(O)[Si])=C(N)S(N)(=O)=O. The van der Waals surface area contributed by atoms with Crippen LogP contribution in [0.3, 0.4) is 0 Å². The highest BCUT2D eigenvalue weighted by Crippen LogP contribution is 2.01. The van der Waals surface area contributed by atoms with E-state index in [0.717, 1.165) is 0 Å². The van der Waals surface area contributed by atoms with Gasteiger partial charge in [0.05, 0.1) is 22.0 Å². The fourth-order valence-electron chi connectivity index (χ4n) is 0.648. The van der Waals surface area contributed by atoms with Gasteiger partial charge in [-0.05, 0) is 13.8 Å². The smallest absolute Gasteiger partial charge is 0.253 e. The summed E-state index contributed by atoms with van der Waals surface area (Å²) in [7, 11) is -0.869. The van der Waals surface area contributed by atoms with Crippen molar-refractivity contribution in [2.45, 2.75) is 19.1 Å². The second-order valence-corrected chi connectivity index (χ2v) is 5.94. The second kappa shape index (κ2) is 4.88. The number of aliphatic hydroxyl groups is 1. The lowest BCUT2D eigenvalue weighted by molar-refractivity contribution is 0.158. The van der Waals surface area contributed by atoms with Crippen molar-refractivity contribution < 1.29 is 13.5 Å². The van der Waals surface area contributed by atoms with Crippen LogP contribution >= 0.6 is 0 Å². The fraction of sp³-hybridized carbons (Fsp3) is 0.571. The van der Waals surface area contributed by atoms with Gasteiger partial charge in [0.15, 0.2) is 0 Å². The van der Waals surface area contributed by atoms with Gasteiger partial charge in [-0.3, -0.25) is 4.99 Å². The van der Waals surface area contributed by atoms with Crippen molar-refractivity contribution in [3.05, 3.63) is 10.6 Å². The molecule has 0 aliphatic rings. The lowest BCUT2D eigenvalue weighted by atomic mass is 10.3. The Labute approximate surface area is 92.5 Å². The zero-order chi connectivity index (χ0) is 12.3. The summed E-state index contributed by atoms with van der Waals surface area (Å²) in [6.07, 6.45) is 1.24. The van der Waals surface area contributed by atoms with E-state index in [2.05, 4.69) is 15.2 Å². The summed E-state index contributed by atoms with van der Waals surface area (Å²) in [6, 6.07) is 0. The van der Waals surface area contributed by atoms with Crippen LogP contribution in [0.2, 0.25) is 0 Å². The summed E-state index contributed by atoms with van der Waals surface area (Å²) in [4.78, 5) is 3.80. The first-order valence-corrected chi connectivity index (χ1v) is 6.05. The van der Waals surface area contributed by atoms with Gasteiger partial charge >= 0.3 is 0 Å². The van der Waals surface area contributed by atoms with Gasteiger partial charge in [-0.2, -0.15) is 0 Å². The molecular weight excluding hydrogens is 234 g/mol. The molecular formula is C7H14N3O3SSi. The minimum Gasteiger partial charge on any atom is -0.393 e. The molecule has 0 saturated carbocycles. The summed E-state index contributed by atoms with van der Waals surface area (Å²) in [5.41, 5.74) is 5.47. The third kappa shape index (κ3) is 6.39. The first kappa shape index (κ1) is 14.3. The van der Waals surface area contributed by atoms with E-state index >= 15 is 0 Å². The number of sulfonamides is 1. The van der Waals surface area contributed by atoms with E-state index in [4.69, 9.17) is 10.9 Å². The maximum Gasteiger partial charge on any atom is 0.253 e. The van der Waals surface area contributed by atoms with E-state index in [0.29, 0.717) is 0 Å². The van der Waals surface area contributed by atoms with Crippen LogP contribution in [0.1, 0.15) is 13.8 Å². The molecule has 1 atom stereocenters. The Morgan fingerprint density at radius 1 is 1.67 bits per heavy atom. The molecule has 0 rings (SSSR count). The van der Waals surface area contributed by atoms with Crippen molar-refractivity contribution >= 4 is 26.5 Å². The Balaban J connectivity index is 4.70. The molecule has 3 radical (unpaired) electrons. The van der Waals surface area contributed by atoms with Gasteiger partial charge in [-0.15, -0.1) is 0 Å². The highest BCUT2D eigenvalue weighted by atomic mass is 32.2. The minimum absolute atomic E-state index is 0.0686. The van der Waals surface area contributed by atoms with Gasteiger partial charge in [0.1, 0.15) is 5.03 Å². The van der Waals surface area contributed by atoms with Gasteiger partial charge in [0.2, 0.25) is 0 Å². The van der Waals surface area contributed by atoms with Crippen molar-refractivity contribution in [2.24, 2.45) is 15.9 Å². The number of rotatable bonds is 4. The van der Waals surface area contributed by atoms with Crippen molar-refractivity contribution in [3.8, 4) is 0 Å². The van der Waals surface area contributed by atoms with E-state index in [1.807, 2.05) is 0 Å². The van der Waals surface area contributed by atoms with Gasteiger partial charge in [-0.1, -0.05) is 0 Å². The van der Waals surface area contributed by atoms with Crippen LogP contribution in [0.5, 0.6) is 0 Å². The molecule has 0 amide bonds. The predicted molar refractivity (Wildman–Crippen MR) is 59.7 cm³/mol. The summed E-state index contributed by atoms with van der Waals surface area (Å²) in [6.45, 7) is 3.04. The van der Waals surface area contributed by atoms with Crippen molar-refractivity contribution in [3.63, 3.8) is 0 Å². The van der Waals surface area contributed by atoms with Gasteiger partial charge < -0.3 is 10.8 Å². The van der Waals surface area contributed by atoms with E-state index in [-0.39, 0.29) is 12.1 Å². The molecule has 0 aliphatic heterocycles. The average molecular weight is 248 g/mol.